The van der Waals surface area contributed by atoms with Gasteiger partial charge in [-0.3, -0.25) is 9.59 Å². The number of ether oxygens (including phenoxy) is 4. The maximum Gasteiger partial charge on any atom is 0.306 e. The third-order valence-corrected chi connectivity index (χ3v) is 10.2. The number of rotatable bonds is 44. The number of allylic oxidation sites excluding steroid dienone is 12. The van der Waals surface area contributed by atoms with Crippen molar-refractivity contribution in [3.05, 3.63) is 72.9 Å². The number of unbranched alkanes of at least 4 members (excludes halogenated alkanes) is 17. The number of aliphatic carboxylic acids is 1. The van der Waals surface area contributed by atoms with E-state index in [0.29, 0.717) is 17.4 Å². The number of carboxylic acids is 1. The monoisotopic (exact) mass is 870 g/mol. The van der Waals surface area contributed by atoms with Crippen LogP contribution in [0.4, 0.5) is 0 Å². The number of quaternary nitrogens is 1. The Morgan fingerprint density at radius 1 is 0.500 bits per heavy atom. The van der Waals surface area contributed by atoms with Gasteiger partial charge in [-0.25, -0.2) is 0 Å². The molecule has 2 unspecified atom stereocenters. The average molecular weight is 870 g/mol. The highest BCUT2D eigenvalue weighted by Gasteiger charge is 2.21. The average Bonchev–Trinajstić information content (AvgIpc) is 3.23. The first-order chi connectivity index (χ1) is 30.1. The molecule has 0 amide bonds. The van der Waals surface area contributed by atoms with E-state index in [1.807, 2.05) is 21.1 Å². The molecule has 0 fully saturated rings. The lowest BCUT2D eigenvalue weighted by Crippen LogP contribution is -2.44. The van der Waals surface area contributed by atoms with Crippen LogP contribution in [0.25, 0.3) is 0 Å². The van der Waals surface area contributed by atoms with Gasteiger partial charge in [0.05, 0.1) is 40.3 Å². The first kappa shape index (κ1) is 58.7. The smallest absolute Gasteiger partial charge is 0.306 e. The van der Waals surface area contributed by atoms with Crippen molar-refractivity contribution in [2.75, 3.05) is 47.5 Å². The van der Waals surface area contributed by atoms with E-state index < -0.39 is 24.3 Å². The molecule has 0 radical (unpaired) electrons. The van der Waals surface area contributed by atoms with Gasteiger partial charge < -0.3 is 33.3 Å². The Bertz CT molecular complexity index is 1240. The molecular formula is C53H91NO8. The standard InChI is InChI=1S/C53H91NO8/c1-6-8-10-12-14-16-17-18-19-20-21-22-23-24-25-26-27-28-29-30-31-32-33-34-35-36-38-40-42-44-51(56)62-49(48-61-53(52(57)58)59-46-45-54(3,4)5)47-60-50(55)43-41-39-37-15-13-11-9-7-2/h8,10,14,16,18-19,21-22,24-25,27-28,49,53H,6-7,9,11-13,15,17,20,23,26,29-48H2,1-5H3/b10-8-,16-14-,19-18-,22-21-,25-24-,28-27-. The molecule has 0 aromatic heterocycles. The SMILES string of the molecule is CC/C=C\C/C=C\C/C=C\C/C=C\C/C=C\C/C=C\CCCCCCCCCCCCC(=O)OC(COC(=O)CCCCCCCCCC)COC(OCC[N+](C)(C)C)C(=O)[O-]. The van der Waals surface area contributed by atoms with Crippen molar-refractivity contribution in [1.29, 1.82) is 0 Å². The summed E-state index contributed by atoms with van der Waals surface area (Å²) >= 11 is 0. The molecule has 0 aromatic carbocycles. The molecule has 0 aliphatic heterocycles. The van der Waals surface area contributed by atoms with Crippen LogP contribution in [0.5, 0.6) is 0 Å². The number of hydrogen-bond donors (Lipinski definition) is 0. The highest BCUT2D eigenvalue weighted by Crippen LogP contribution is 2.14. The number of hydrogen-bond acceptors (Lipinski definition) is 8. The van der Waals surface area contributed by atoms with Gasteiger partial charge in [-0.05, 0) is 64.2 Å². The van der Waals surface area contributed by atoms with Crippen molar-refractivity contribution in [1.82, 2.24) is 0 Å². The van der Waals surface area contributed by atoms with E-state index in [4.69, 9.17) is 18.9 Å². The first-order valence-electron chi connectivity index (χ1n) is 24.6. The van der Waals surface area contributed by atoms with Gasteiger partial charge >= 0.3 is 11.9 Å². The lowest BCUT2D eigenvalue weighted by atomic mass is 10.0. The van der Waals surface area contributed by atoms with Crippen LogP contribution in [-0.4, -0.2) is 82.3 Å². The van der Waals surface area contributed by atoms with E-state index in [0.717, 1.165) is 83.5 Å². The van der Waals surface area contributed by atoms with Crippen molar-refractivity contribution in [3.63, 3.8) is 0 Å². The van der Waals surface area contributed by atoms with Gasteiger partial charge in [0.25, 0.3) is 0 Å². The third-order valence-electron chi connectivity index (χ3n) is 10.2. The van der Waals surface area contributed by atoms with Gasteiger partial charge in [0.1, 0.15) is 13.2 Å². The predicted octanol–water partition coefficient (Wildman–Crippen LogP) is 12.2. The summed E-state index contributed by atoms with van der Waals surface area (Å²) in [5.41, 5.74) is 0. The number of likely N-dealkylation sites (N-methyl/N-ethyl adjacent to an activating group) is 1. The molecule has 2 atom stereocenters. The van der Waals surface area contributed by atoms with Crippen molar-refractivity contribution >= 4 is 17.9 Å². The molecule has 0 saturated carbocycles. The number of carbonyl (C=O) groups is 3. The van der Waals surface area contributed by atoms with Crippen LogP contribution in [-0.2, 0) is 33.3 Å². The lowest BCUT2D eigenvalue weighted by Gasteiger charge is -2.26. The molecule has 0 aliphatic rings. The Kier molecular flexibility index (Phi) is 42.0. The number of carboxylic acid groups (broad SMARTS) is 1. The lowest BCUT2D eigenvalue weighted by molar-refractivity contribution is -0.870. The summed E-state index contributed by atoms with van der Waals surface area (Å²) in [4.78, 5) is 36.9. The Balaban J connectivity index is 4.19. The fourth-order valence-electron chi connectivity index (χ4n) is 6.42. The molecular weight excluding hydrogens is 779 g/mol. The zero-order chi connectivity index (χ0) is 45.6. The Hall–Kier alpha value is -3.27. The Labute approximate surface area is 379 Å². The largest absolute Gasteiger partial charge is 0.545 e. The van der Waals surface area contributed by atoms with E-state index >= 15 is 0 Å². The fourth-order valence-corrected chi connectivity index (χ4v) is 6.42. The topological polar surface area (TPSA) is 111 Å². The van der Waals surface area contributed by atoms with E-state index in [9.17, 15) is 19.5 Å². The van der Waals surface area contributed by atoms with Crippen molar-refractivity contribution in [3.8, 4) is 0 Å². The van der Waals surface area contributed by atoms with Gasteiger partial charge in [0.15, 0.2) is 12.4 Å². The summed E-state index contributed by atoms with van der Waals surface area (Å²) in [5.74, 6) is -2.30. The molecule has 0 bridgehead atoms. The van der Waals surface area contributed by atoms with Gasteiger partial charge in [-0.15, -0.1) is 0 Å². The minimum Gasteiger partial charge on any atom is -0.545 e. The molecule has 9 nitrogen and oxygen atoms in total. The molecule has 0 saturated heterocycles. The normalized spacial score (nSPS) is 13.5. The van der Waals surface area contributed by atoms with Crippen molar-refractivity contribution in [2.24, 2.45) is 0 Å². The van der Waals surface area contributed by atoms with Crippen molar-refractivity contribution < 1.29 is 42.9 Å². The van der Waals surface area contributed by atoms with Crippen LogP contribution < -0.4 is 5.11 Å². The van der Waals surface area contributed by atoms with Crippen molar-refractivity contribution in [2.45, 2.75) is 200 Å². The second-order valence-electron chi connectivity index (χ2n) is 17.4. The van der Waals surface area contributed by atoms with Crippen LogP contribution in [0, 0.1) is 0 Å². The zero-order valence-electron chi connectivity index (χ0n) is 40.2. The first-order valence-corrected chi connectivity index (χ1v) is 24.6. The molecule has 0 rings (SSSR count). The summed E-state index contributed by atoms with van der Waals surface area (Å²) in [7, 11) is 5.90. The van der Waals surface area contributed by atoms with E-state index in [-0.39, 0.29) is 38.6 Å². The number of carbonyl (C=O) groups excluding carboxylic acids is 3. The number of nitrogens with zero attached hydrogens (tertiary/aromatic N) is 1. The predicted molar refractivity (Wildman–Crippen MR) is 255 cm³/mol. The summed E-state index contributed by atoms with van der Waals surface area (Å²) in [6.07, 6.45) is 52.4. The highest BCUT2D eigenvalue weighted by molar-refractivity contribution is 5.70. The Morgan fingerprint density at radius 2 is 0.919 bits per heavy atom. The minimum absolute atomic E-state index is 0.145. The van der Waals surface area contributed by atoms with E-state index in [1.54, 1.807) is 0 Å². The second-order valence-corrected chi connectivity index (χ2v) is 17.4. The maximum atomic E-state index is 12.8. The van der Waals surface area contributed by atoms with Crippen LogP contribution in [0.3, 0.4) is 0 Å². The van der Waals surface area contributed by atoms with Gasteiger partial charge in [0, 0.05) is 12.8 Å². The fraction of sp³-hybridized carbons (Fsp3) is 0.717. The quantitative estimate of drug-likeness (QED) is 0.0196. The van der Waals surface area contributed by atoms with E-state index in [1.165, 1.54) is 70.6 Å². The molecule has 0 aromatic rings. The summed E-state index contributed by atoms with van der Waals surface area (Å²) in [6, 6.07) is 0. The molecule has 0 spiro atoms. The maximum absolute atomic E-state index is 12.8. The van der Waals surface area contributed by atoms with Crippen LogP contribution in [0.1, 0.15) is 187 Å². The Morgan fingerprint density at radius 3 is 1.37 bits per heavy atom. The number of esters is 2. The third kappa shape index (κ3) is 44.8. The van der Waals surface area contributed by atoms with Crippen LogP contribution in [0.15, 0.2) is 72.9 Å². The van der Waals surface area contributed by atoms with Gasteiger partial charge in [-0.1, -0.05) is 183 Å². The molecule has 0 aliphatic carbocycles. The molecule has 0 heterocycles. The minimum atomic E-state index is -1.62. The van der Waals surface area contributed by atoms with Gasteiger partial charge in [0.2, 0.25) is 0 Å². The highest BCUT2D eigenvalue weighted by atomic mass is 16.7. The summed E-state index contributed by atoms with van der Waals surface area (Å²) in [6.45, 7) is 4.57. The van der Waals surface area contributed by atoms with Crippen LogP contribution in [0.2, 0.25) is 0 Å². The molecule has 62 heavy (non-hydrogen) atoms. The van der Waals surface area contributed by atoms with E-state index in [2.05, 4.69) is 86.8 Å². The van der Waals surface area contributed by atoms with Crippen LogP contribution >= 0.6 is 0 Å². The molecule has 356 valence electrons. The molecule has 0 N–H and O–H groups in total. The van der Waals surface area contributed by atoms with Gasteiger partial charge in [-0.2, -0.15) is 0 Å². The summed E-state index contributed by atoms with van der Waals surface area (Å²) < 4.78 is 22.5. The molecule has 9 heteroatoms. The second kappa shape index (κ2) is 44.3. The summed E-state index contributed by atoms with van der Waals surface area (Å²) in [5, 5.41) is 11.7. The zero-order valence-corrected chi connectivity index (χ0v) is 40.2.